The van der Waals surface area contributed by atoms with E-state index in [9.17, 15) is 14.0 Å². The van der Waals surface area contributed by atoms with Crippen LogP contribution in [0.3, 0.4) is 0 Å². The lowest BCUT2D eigenvalue weighted by atomic mass is 10.1. The predicted molar refractivity (Wildman–Crippen MR) is 84.9 cm³/mol. The summed E-state index contributed by atoms with van der Waals surface area (Å²) in [5.74, 6) is 0.0565. The number of hydrogen-bond acceptors (Lipinski definition) is 3. The van der Waals surface area contributed by atoms with Gasteiger partial charge in [-0.05, 0) is 24.1 Å². The zero-order chi connectivity index (χ0) is 17.0. The fourth-order valence-electron chi connectivity index (χ4n) is 2.65. The quantitative estimate of drug-likeness (QED) is 0.853. The number of nitrogens with zero attached hydrogens (tertiary/aromatic N) is 2. The van der Waals surface area contributed by atoms with Gasteiger partial charge in [0.15, 0.2) is 0 Å². The van der Waals surface area contributed by atoms with E-state index < -0.39 is 5.82 Å². The first-order valence-corrected chi connectivity index (χ1v) is 7.83. The SMILES string of the molecule is COc1ccc(F)cc1C(=O)N1CCN(C(=O)CC(C)C)CC1. The minimum Gasteiger partial charge on any atom is -0.496 e. The second-order valence-electron chi connectivity index (χ2n) is 6.12. The van der Waals surface area contributed by atoms with Crippen LogP contribution in [0.4, 0.5) is 4.39 Å². The summed E-state index contributed by atoms with van der Waals surface area (Å²) in [6, 6.07) is 3.90. The van der Waals surface area contributed by atoms with Crippen molar-refractivity contribution in [3.05, 3.63) is 29.6 Å². The molecule has 2 rings (SSSR count). The number of methoxy groups -OCH3 is 1. The van der Waals surface area contributed by atoms with E-state index >= 15 is 0 Å². The molecule has 0 aliphatic carbocycles. The third-order valence-electron chi connectivity index (χ3n) is 3.89. The first-order chi connectivity index (χ1) is 10.9. The number of carbonyl (C=O) groups excluding carboxylic acids is 2. The van der Waals surface area contributed by atoms with Crippen molar-refractivity contribution in [2.45, 2.75) is 20.3 Å². The van der Waals surface area contributed by atoms with Gasteiger partial charge in [0.25, 0.3) is 5.91 Å². The van der Waals surface area contributed by atoms with Crippen molar-refractivity contribution in [3.8, 4) is 5.75 Å². The number of ether oxygens (including phenoxy) is 1. The zero-order valence-corrected chi connectivity index (χ0v) is 13.8. The van der Waals surface area contributed by atoms with Crippen LogP contribution >= 0.6 is 0 Å². The lowest BCUT2D eigenvalue weighted by Crippen LogP contribution is -2.50. The number of hydrogen-bond donors (Lipinski definition) is 0. The molecule has 23 heavy (non-hydrogen) atoms. The molecule has 1 saturated heterocycles. The van der Waals surface area contributed by atoms with Gasteiger partial charge in [-0.2, -0.15) is 0 Å². The molecule has 126 valence electrons. The number of halogens is 1. The summed E-state index contributed by atoms with van der Waals surface area (Å²) in [5, 5.41) is 0. The van der Waals surface area contributed by atoms with Crippen LogP contribution < -0.4 is 4.74 Å². The van der Waals surface area contributed by atoms with E-state index in [1.807, 2.05) is 13.8 Å². The Kier molecular flexibility index (Phi) is 5.58. The molecule has 1 heterocycles. The third-order valence-corrected chi connectivity index (χ3v) is 3.89. The molecule has 1 fully saturated rings. The van der Waals surface area contributed by atoms with Crippen molar-refractivity contribution in [1.82, 2.24) is 9.80 Å². The lowest BCUT2D eigenvalue weighted by molar-refractivity contribution is -0.133. The molecule has 0 spiro atoms. The topological polar surface area (TPSA) is 49.9 Å². The highest BCUT2D eigenvalue weighted by molar-refractivity contribution is 5.97. The maximum atomic E-state index is 13.4. The van der Waals surface area contributed by atoms with Gasteiger partial charge in [0, 0.05) is 32.6 Å². The van der Waals surface area contributed by atoms with Gasteiger partial charge in [-0.3, -0.25) is 9.59 Å². The van der Waals surface area contributed by atoms with Gasteiger partial charge >= 0.3 is 0 Å². The highest BCUT2D eigenvalue weighted by atomic mass is 19.1. The van der Waals surface area contributed by atoms with E-state index in [-0.39, 0.29) is 17.4 Å². The summed E-state index contributed by atoms with van der Waals surface area (Å²) in [6.07, 6.45) is 0.520. The third kappa shape index (κ3) is 4.21. The van der Waals surface area contributed by atoms with E-state index in [2.05, 4.69) is 0 Å². The highest BCUT2D eigenvalue weighted by Crippen LogP contribution is 2.22. The summed E-state index contributed by atoms with van der Waals surface area (Å²) in [5.41, 5.74) is 0.217. The summed E-state index contributed by atoms with van der Waals surface area (Å²) >= 11 is 0. The van der Waals surface area contributed by atoms with Crippen LogP contribution in [0.2, 0.25) is 0 Å². The van der Waals surface area contributed by atoms with E-state index in [4.69, 9.17) is 4.74 Å². The monoisotopic (exact) mass is 322 g/mol. The number of carbonyl (C=O) groups is 2. The normalized spacial score (nSPS) is 15.0. The molecule has 0 atom stereocenters. The molecular formula is C17H23FN2O3. The standard InChI is InChI=1S/C17H23FN2O3/c1-12(2)10-16(21)19-6-8-20(9-7-19)17(22)14-11-13(18)4-5-15(14)23-3/h4-5,11-12H,6-10H2,1-3H3. The molecule has 1 aliphatic heterocycles. The Balaban J connectivity index is 2.01. The van der Waals surface area contributed by atoms with E-state index in [0.717, 1.165) is 0 Å². The summed E-state index contributed by atoms with van der Waals surface area (Å²) in [7, 11) is 1.45. The first kappa shape index (κ1) is 17.2. The van der Waals surface area contributed by atoms with Crippen molar-refractivity contribution < 1.29 is 18.7 Å². The van der Waals surface area contributed by atoms with Crippen LogP contribution in [-0.4, -0.2) is 54.9 Å². The maximum Gasteiger partial charge on any atom is 0.257 e. The molecule has 0 aromatic heterocycles. The Bertz CT molecular complexity index is 581. The molecule has 0 radical (unpaired) electrons. The molecule has 1 aromatic rings. The fourth-order valence-corrected chi connectivity index (χ4v) is 2.65. The van der Waals surface area contributed by atoms with Gasteiger partial charge < -0.3 is 14.5 Å². The molecule has 0 unspecified atom stereocenters. The predicted octanol–water partition coefficient (Wildman–Crippen LogP) is 2.16. The molecule has 0 saturated carbocycles. The van der Waals surface area contributed by atoms with Crippen molar-refractivity contribution in [3.63, 3.8) is 0 Å². The first-order valence-electron chi connectivity index (χ1n) is 7.83. The Morgan fingerprint density at radius 1 is 1.17 bits per heavy atom. The largest absolute Gasteiger partial charge is 0.496 e. The van der Waals surface area contributed by atoms with Crippen molar-refractivity contribution in [2.24, 2.45) is 5.92 Å². The molecule has 0 bridgehead atoms. The Labute approximate surface area is 136 Å². The Morgan fingerprint density at radius 2 is 1.78 bits per heavy atom. The van der Waals surface area contributed by atoms with Crippen molar-refractivity contribution in [1.29, 1.82) is 0 Å². The van der Waals surface area contributed by atoms with Crippen LogP contribution in [-0.2, 0) is 4.79 Å². The van der Waals surface area contributed by atoms with Gasteiger partial charge in [-0.1, -0.05) is 13.8 Å². The van der Waals surface area contributed by atoms with Crippen LogP contribution in [0.15, 0.2) is 18.2 Å². The smallest absolute Gasteiger partial charge is 0.257 e. The Hall–Kier alpha value is -2.11. The fraction of sp³-hybridized carbons (Fsp3) is 0.529. The molecule has 2 amide bonds. The van der Waals surface area contributed by atoms with Gasteiger partial charge in [0.2, 0.25) is 5.91 Å². The van der Waals surface area contributed by atoms with Crippen molar-refractivity contribution >= 4 is 11.8 Å². The zero-order valence-electron chi connectivity index (χ0n) is 13.8. The Morgan fingerprint density at radius 3 is 2.35 bits per heavy atom. The van der Waals surface area contributed by atoms with Gasteiger partial charge in [-0.25, -0.2) is 4.39 Å². The highest BCUT2D eigenvalue weighted by Gasteiger charge is 2.26. The number of rotatable bonds is 4. The minimum atomic E-state index is -0.472. The average Bonchev–Trinajstić information content (AvgIpc) is 2.53. The minimum absolute atomic E-state index is 0.121. The molecule has 1 aliphatic rings. The van der Waals surface area contributed by atoms with Crippen LogP contribution in [0, 0.1) is 11.7 Å². The van der Waals surface area contributed by atoms with Crippen LogP contribution in [0.5, 0.6) is 5.75 Å². The van der Waals surface area contributed by atoms with Crippen LogP contribution in [0.1, 0.15) is 30.6 Å². The van der Waals surface area contributed by atoms with E-state index in [1.54, 1.807) is 9.80 Å². The summed E-state index contributed by atoms with van der Waals surface area (Å²) < 4.78 is 18.6. The van der Waals surface area contributed by atoms with Gasteiger partial charge in [0.1, 0.15) is 11.6 Å². The van der Waals surface area contributed by atoms with Crippen molar-refractivity contribution in [2.75, 3.05) is 33.3 Å². The molecule has 1 aromatic carbocycles. The molecule has 0 N–H and O–H groups in total. The second-order valence-corrected chi connectivity index (χ2v) is 6.12. The molecular weight excluding hydrogens is 299 g/mol. The number of piperazine rings is 1. The average molecular weight is 322 g/mol. The van der Waals surface area contributed by atoms with Gasteiger partial charge in [-0.15, -0.1) is 0 Å². The lowest BCUT2D eigenvalue weighted by Gasteiger charge is -2.35. The number of amides is 2. The van der Waals surface area contributed by atoms with Crippen LogP contribution in [0.25, 0.3) is 0 Å². The molecule has 6 heteroatoms. The summed E-state index contributed by atoms with van der Waals surface area (Å²) in [4.78, 5) is 28.0. The van der Waals surface area contributed by atoms with E-state index in [0.29, 0.717) is 44.3 Å². The molecule has 5 nitrogen and oxygen atoms in total. The van der Waals surface area contributed by atoms with Gasteiger partial charge in [0.05, 0.1) is 12.7 Å². The maximum absolute atomic E-state index is 13.4. The summed E-state index contributed by atoms with van der Waals surface area (Å²) in [6.45, 7) is 5.93. The second kappa shape index (κ2) is 7.44. The van der Waals surface area contributed by atoms with E-state index in [1.165, 1.54) is 25.3 Å². The number of benzene rings is 1.